The number of rotatable bonds is 1. The number of fused-ring (bicyclic) bond motifs is 1. The van der Waals surface area contributed by atoms with Crippen molar-refractivity contribution < 1.29 is 4.39 Å². The van der Waals surface area contributed by atoms with Crippen molar-refractivity contribution in [1.29, 1.82) is 0 Å². The minimum atomic E-state index is -0.352. The van der Waals surface area contributed by atoms with Gasteiger partial charge >= 0.3 is 0 Å². The van der Waals surface area contributed by atoms with Crippen LogP contribution in [0.3, 0.4) is 0 Å². The van der Waals surface area contributed by atoms with Crippen LogP contribution in [0.5, 0.6) is 0 Å². The molecular weight excluding hydrogens is 305 g/mol. The van der Waals surface area contributed by atoms with E-state index in [1.165, 1.54) is 6.07 Å². The summed E-state index contributed by atoms with van der Waals surface area (Å²) < 4.78 is 14.5. The van der Waals surface area contributed by atoms with Crippen molar-refractivity contribution >= 4 is 38.4 Å². The molecule has 0 unspecified atom stereocenters. The van der Waals surface area contributed by atoms with E-state index in [2.05, 4.69) is 34.8 Å². The van der Waals surface area contributed by atoms with Crippen LogP contribution >= 0.6 is 27.5 Å². The molecule has 0 saturated heterocycles. The van der Waals surface area contributed by atoms with Crippen LogP contribution in [-0.2, 0) is 0 Å². The van der Waals surface area contributed by atoms with Gasteiger partial charge in [0, 0.05) is 15.6 Å². The van der Waals surface area contributed by atoms with E-state index in [1.807, 2.05) is 6.92 Å². The number of hydrogen-bond donors (Lipinski definition) is 0. The normalized spacial score (nSPS) is 11.5. The molecule has 1 heterocycles. The summed E-state index contributed by atoms with van der Waals surface area (Å²) in [6.45, 7) is 5.97. The molecular formula is C13H12BrClFN. The minimum absolute atomic E-state index is 0.265. The average molecular weight is 317 g/mol. The molecule has 2 rings (SSSR count). The Bertz CT molecular complexity index is 596. The summed E-state index contributed by atoms with van der Waals surface area (Å²) >= 11 is 9.63. The Morgan fingerprint density at radius 3 is 2.59 bits per heavy atom. The largest absolute Gasteiger partial charge is 0.250 e. The van der Waals surface area contributed by atoms with Crippen molar-refractivity contribution in [3.63, 3.8) is 0 Å². The number of hydrogen-bond acceptors (Lipinski definition) is 1. The fourth-order valence-corrected chi connectivity index (χ4v) is 2.98. The monoisotopic (exact) mass is 315 g/mol. The molecule has 0 aliphatic rings. The molecule has 1 nitrogen and oxygen atoms in total. The molecule has 1 aromatic heterocycles. The lowest BCUT2D eigenvalue weighted by Gasteiger charge is -2.14. The van der Waals surface area contributed by atoms with E-state index < -0.39 is 0 Å². The van der Waals surface area contributed by atoms with E-state index in [-0.39, 0.29) is 11.7 Å². The summed E-state index contributed by atoms with van der Waals surface area (Å²) in [6, 6.07) is 3.21. The molecule has 0 bridgehead atoms. The molecule has 90 valence electrons. The first-order valence-electron chi connectivity index (χ1n) is 5.36. The molecule has 17 heavy (non-hydrogen) atoms. The quantitative estimate of drug-likeness (QED) is 0.702. The summed E-state index contributed by atoms with van der Waals surface area (Å²) in [5.41, 5.74) is 2.11. The molecule has 0 saturated carbocycles. The lowest BCUT2D eigenvalue weighted by atomic mass is 9.99. The second-order valence-electron chi connectivity index (χ2n) is 4.36. The number of aryl methyl sites for hydroxylation is 1. The molecule has 0 fully saturated rings. The lowest BCUT2D eigenvalue weighted by molar-refractivity contribution is 0.635. The summed E-state index contributed by atoms with van der Waals surface area (Å²) in [7, 11) is 0. The summed E-state index contributed by atoms with van der Waals surface area (Å²) in [5.74, 6) is -0.0869. The average Bonchev–Trinajstić information content (AvgIpc) is 2.19. The Hall–Kier alpha value is -0.670. The van der Waals surface area contributed by atoms with Gasteiger partial charge in [0.05, 0.1) is 5.02 Å². The lowest BCUT2D eigenvalue weighted by Crippen LogP contribution is -1.99. The van der Waals surface area contributed by atoms with Crippen LogP contribution < -0.4 is 0 Å². The van der Waals surface area contributed by atoms with Gasteiger partial charge in [-0.05, 0) is 30.5 Å². The van der Waals surface area contributed by atoms with Gasteiger partial charge in [-0.3, -0.25) is 0 Å². The molecule has 0 amide bonds. The second kappa shape index (κ2) is 4.54. The highest BCUT2D eigenvalue weighted by Crippen LogP contribution is 2.35. The maximum Gasteiger partial charge on any atom is 0.150 e. The summed E-state index contributed by atoms with van der Waals surface area (Å²) in [6.07, 6.45) is 0. The maximum absolute atomic E-state index is 13.8. The Morgan fingerprint density at radius 1 is 1.35 bits per heavy atom. The summed E-state index contributed by atoms with van der Waals surface area (Å²) in [5, 5.41) is 1.26. The van der Waals surface area contributed by atoms with E-state index in [0.29, 0.717) is 20.4 Å². The highest BCUT2D eigenvalue weighted by atomic mass is 79.9. The Balaban J connectivity index is 2.92. The molecule has 0 radical (unpaired) electrons. The predicted octanol–water partition coefficient (Wildman–Crippen LogP) is 5.22. The minimum Gasteiger partial charge on any atom is -0.250 e. The van der Waals surface area contributed by atoms with Gasteiger partial charge in [0.25, 0.3) is 0 Å². The van der Waals surface area contributed by atoms with Gasteiger partial charge in [-0.15, -0.1) is 0 Å². The predicted molar refractivity (Wildman–Crippen MR) is 73.2 cm³/mol. The number of benzene rings is 1. The molecule has 0 atom stereocenters. The van der Waals surface area contributed by atoms with Crippen molar-refractivity contribution in [2.24, 2.45) is 0 Å². The highest BCUT2D eigenvalue weighted by molar-refractivity contribution is 9.10. The number of aromatic nitrogens is 1. The number of pyridine rings is 1. The third-order valence-electron chi connectivity index (χ3n) is 2.75. The zero-order valence-electron chi connectivity index (χ0n) is 9.81. The standard InChI is InChI=1S/C13H12BrClFN/c1-6(2)11-7(3)17-13-9(12(11)15)4-8(14)5-10(13)16/h4-6H,1-3H3. The Kier molecular flexibility index (Phi) is 3.41. The van der Waals surface area contributed by atoms with Crippen LogP contribution in [0.1, 0.15) is 31.0 Å². The second-order valence-corrected chi connectivity index (χ2v) is 5.66. The topological polar surface area (TPSA) is 12.9 Å². The van der Waals surface area contributed by atoms with Gasteiger partial charge in [0.1, 0.15) is 5.52 Å². The Labute approximate surface area is 113 Å². The SMILES string of the molecule is Cc1nc2c(F)cc(Br)cc2c(Cl)c1C(C)C. The van der Waals surface area contributed by atoms with E-state index in [1.54, 1.807) is 6.07 Å². The molecule has 4 heteroatoms. The third kappa shape index (κ3) is 2.18. The van der Waals surface area contributed by atoms with Gasteiger partial charge in [0.15, 0.2) is 5.82 Å². The fourth-order valence-electron chi connectivity index (χ4n) is 2.05. The zero-order valence-corrected chi connectivity index (χ0v) is 12.2. The van der Waals surface area contributed by atoms with Crippen molar-refractivity contribution in [1.82, 2.24) is 4.98 Å². The van der Waals surface area contributed by atoms with Gasteiger partial charge in [-0.25, -0.2) is 9.37 Å². The van der Waals surface area contributed by atoms with Crippen LogP contribution in [0.15, 0.2) is 16.6 Å². The third-order valence-corrected chi connectivity index (χ3v) is 3.61. The van der Waals surface area contributed by atoms with E-state index in [4.69, 9.17) is 11.6 Å². The van der Waals surface area contributed by atoms with Gasteiger partial charge in [-0.2, -0.15) is 0 Å². The van der Waals surface area contributed by atoms with Crippen molar-refractivity contribution in [3.8, 4) is 0 Å². The van der Waals surface area contributed by atoms with Gasteiger partial charge in [0.2, 0.25) is 0 Å². The first-order chi connectivity index (χ1) is 7.91. The van der Waals surface area contributed by atoms with Gasteiger partial charge < -0.3 is 0 Å². The van der Waals surface area contributed by atoms with Crippen LogP contribution in [0, 0.1) is 12.7 Å². The maximum atomic E-state index is 13.8. The van der Waals surface area contributed by atoms with Crippen LogP contribution in [0.2, 0.25) is 5.02 Å². The first kappa shape index (κ1) is 12.8. The molecule has 0 aliphatic carbocycles. The van der Waals surface area contributed by atoms with Gasteiger partial charge in [-0.1, -0.05) is 41.4 Å². The van der Waals surface area contributed by atoms with E-state index in [0.717, 1.165) is 11.3 Å². The van der Waals surface area contributed by atoms with Crippen molar-refractivity contribution in [3.05, 3.63) is 38.7 Å². The molecule has 2 aromatic rings. The molecule has 0 aliphatic heterocycles. The number of nitrogens with zero attached hydrogens (tertiary/aromatic N) is 1. The zero-order chi connectivity index (χ0) is 12.7. The van der Waals surface area contributed by atoms with Crippen LogP contribution in [0.25, 0.3) is 10.9 Å². The van der Waals surface area contributed by atoms with Crippen molar-refractivity contribution in [2.75, 3.05) is 0 Å². The molecule has 0 N–H and O–H groups in total. The van der Waals surface area contributed by atoms with E-state index in [9.17, 15) is 4.39 Å². The number of halogens is 3. The first-order valence-corrected chi connectivity index (χ1v) is 6.53. The van der Waals surface area contributed by atoms with E-state index >= 15 is 0 Å². The smallest absolute Gasteiger partial charge is 0.150 e. The summed E-state index contributed by atoms with van der Waals surface area (Å²) in [4.78, 5) is 4.32. The van der Waals surface area contributed by atoms with Crippen molar-refractivity contribution in [2.45, 2.75) is 26.7 Å². The van der Waals surface area contributed by atoms with Crippen LogP contribution in [0.4, 0.5) is 4.39 Å². The van der Waals surface area contributed by atoms with Crippen LogP contribution in [-0.4, -0.2) is 4.98 Å². The fraction of sp³-hybridized carbons (Fsp3) is 0.308. The highest BCUT2D eigenvalue weighted by Gasteiger charge is 2.16. The molecule has 0 spiro atoms. The Morgan fingerprint density at radius 2 is 2.00 bits per heavy atom. The molecule has 1 aromatic carbocycles.